The Morgan fingerprint density at radius 1 is 1.14 bits per heavy atom. The molecule has 0 aliphatic carbocycles. The second-order valence-electron chi connectivity index (χ2n) is 8.51. The van der Waals surface area contributed by atoms with E-state index in [2.05, 4.69) is 15.1 Å². The average molecular weight is 502 g/mol. The van der Waals surface area contributed by atoms with Crippen LogP contribution < -0.4 is 10.3 Å². The zero-order chi connectivity index (χ0) is 25.5. The van der Waals surface area contributed by atoms with Gasteiger partial charge in [0.1, 0.15) is 34.5 Å². The lowest BCUT2D eigenvalue weighted by Gasteiger charge is -2.17. The van der Waals surface area contributed by atoms with E-state index in [1.807, 2.05) is 0 Å². The quantitative estimate of drug-likeness (QED) is 0.426. The summed E-state index contributed by atoms with van der Waals surface area (Å²) in [6.07, 6.45) is 4.14. The van der Waals surface area contributed by atoms with Crippen LogP contribution >= 0.6 is 11.6 Å². The van der Waals surface area contributed by atoms with Crippen LogP contribution in [0, 0.1) is 25.5 Å². The molecule has 4 aromatic rings. The van der Waals surface area contributed by atoms with Crippen molar-refractivity contribution in [1.82, 2.24) is 24.3 Å². The molecule has 35 heavy (non-hydrogen) atoms. The van der Waals surface area contributed by atoms with Crippen molar-refractivity contribution in [3.63, 3.8) is 0 Å². The molecule has 0 spiro atoms. The minimum atomic E-state index is -1.12. The predicted molar refractivity (Wildman–Crippen MR) is 125 cm³/mol. The Kier molecular flexibility index (Phi) is 6.44. The molecular formula is C24H22ClF2N5O3. The summed E-state index contributed by atoms with van der Waals surface area (Å²) in [4.78, 5) is 21.3. The summed E-state index contributed by atoms with van der Waals surface area (Å²) in [6.45, 7) is 6.41. The summed E-state index contributed by atoms with van der Waals surface area (Å²) in [5.74, 6) is -1.19. The van der Waals surface area contributed by atoms with E-state index >= 15 is 0 Å². The molecule has 11 heteroatoms. The Morgan fingerprint density at radius 3 is 2.54 bits per heavy atom. The standard InChI is InChI=1S/C24H22ClF2N5O3/c1-13-10-29-21(31-6-5-20(30-31)24(3,4)34)9-18(13)32-14(2)7-19(22(25)23(32)33)35-12-17-16(27)8-15(26)11-28-17/h5-11,34H,12H2,1-4H3. The lowest BCUT2D eigenvalue weighted by Crippen LogP contribution is -2.23. The summed E-state index contributed by atoms with van der Waals surface area (Å²) in [6, 6.07) is 5.61. The smallest absolute Gasteiger partial charge is 0.277 e. The minimum Gasteiger partial charge on any atom is -0.485 e. The lowest BCUT2D eigenvalue weighted by molar-refractivity contribution is 0.0734. The fourth-order valence-corrected chi connectivity index (χ4v) is 3.62. The van der Waals surface area contributed by atoms with Crippen molar-refractivity contribution in [1.29, 1.82) is 0 Å². The van der Waals surface area contributed by atoms with Crippen molar-refractivity contribution in [3.05, 3.63) is 92.5 Å². The monoisotopic (exact) mass is 501 g/mol. The number of aliphatic hydroxyl groups is 1. The maximum absolute atomic E-state index is 13.9. The van der Waals surface area contributed by atoms with E-state index in [4.69, 9.17) is 16.3 Å². The van der Waals surface area contributed by atoms with Crippen molar-refractivity contribution < 1.29 is 18.6 Å². The number of ether oxygens (including phenoxy) is 1. The number of halogens is 3. The summed E-state index contributed by atoms with van der Waals surface area (Å²) in [7, 11) is 0. The molecule has 0 bridgehead atoms. The van der Waals surface area contributed by atoms with E-state index < -0.39 is 22.8 Å². The molecule has 4 rings (SSSR count). The van der Waals surface area contributed by atoms with Crippen LogP contribution in [0.1, 0.15) is 36.5 Å². The fourth-order valence-electron chi connectivity index (χ4n) is 3.43. The number of hydrogen-bond acceptors (Lipinski definition) is 6. The van der Waals surface area contributed by atoms with Gasteiger partial charge >= 0.3 is 0 Å². The van der Waals surface area contributed by atoms with Crippen LogP contribution in [0.3, 0.4) is 0 Å². The lowest BCUT2D eigenvalue weighted by atomic mass is 10.1. The molecule has 0 aromatic carbocycles. The van der Waals surface area contributed by atoms with Gasteiger partial charge in [-0.25, -0.2) is 18.4 Å². The van der Waals surface area contributed by atoms with E-state index in [0.717, 1.165) is 6.20 Å². The topological polar surface area (TPSA) is 95.1 Å². The van der Waals surface area contributed by atoms with Gasteiger partial charge in [-0.1, -0.05) is 11.6 Å². The van der Waals surface area contributed by atoms with Gasteiger partial charge < -0.3 is 9.84 Å². The molecular weight excluding hydrogens is 480 g/mol. The molecule has 8 nitrogen and oxygen atoms in total. The largest absolute Gasteiger partial charge is 0.485 e. The average Bonchev–Trinajstić information content (AvgIpc) is 3.28. The van der Waals surface area contributed by atoms with E-state index in [0.29, 0.717) is 34.5 Å². The Bertz CT molecular complexity index is 1480. The Balaban J connectivity index is 1.70. The van der Waals surface area contributed by atoms with Gasteiger partial charge in [-0.05, 0) is 39.3 Å². The third-order valence-corrected chi connectivity index (χ3v) is 5.65. The van der Waals surface area contributed by atoms with E-state index in [9.17, 15) is 18.7 Å². The molecule has 0 saturated carbocycles. The van der Waals surface area contributed by atoms with Gasteiger partial charge in [-0.2, -0.15) is 5.10 Å². The molecule has 0 aliphatic heterocycles. The number of aryl methyl sites for hydroxylation is 2. The Morgan fingerprint density at radius 2 is 1.89 bits per heavy atom. The van der Waals surface area contributed by atoms with Crippen molar-refractivity contribution >= 4 is 11.6 Å². The van der Waals surface area contributed by atoms with E-state index in [1.165, 1.54) is 9.25 Å². The van der Waals surface area contributed by atoms with Gasteiger partial charge in [0.2, 0.25) is 0 Å². The van der Waals surface area contributed by atoms with Crippen LogP contribution in [-0.4, -0.2) is 29.4 Å². The summed E-state index contributed by atoms with van der Waals surface area (Å²) >= 11 is 6.32. The Hall–Kier alpha value is -3.63. The summed E-state index contributed by atoms with van der Waals surface area (Å²) in [5.41, 5.74) is 0.401. The zero-order valence-corrected chi connectivity index (χ0v) is 20.1. The second-order valence-corrected chi connectivity index (χ2v) is 8.89. The summed E-state index contributed by atoms with van der Waals surface area (Å²) in [5, 5.41) is 14.3. The number of pyridine rings is 3. The van der Waals surface area contributed by atoms with Gasteiger partial charge in [-0.3, -0.25) is 14.3 Å². The molecule has 0 unspecified atom stereocenters. The molecule has 4 heterocycles. The van der Waals surface area contributed by atoms with Crippen LogP contribution in [0.2, 0.25) is 5.02 Å². The molecule has 0 fully saturated rings. The number of hydrogen-bond donors (Lipinski definition) is 1. The molecule has 0 saturated heterocycles. The number of nitrogens with zero attached hydrogens (tertiary/aromatic N) is 5. The van der Waals surface area contributed by atoms with Gasteiger partial charge in [0.15, 0.2) is 11.6 Å². The predicted octanol–water partition coefficient (Wildman–Crippen LogP) is 4.17. The van der Waals surface area contributed by atoms with Crippen molar-refractivity contribution in [2.75, 3.05) is 0 Å². The third kappa shape index (κ3) is 4.94. The SMILES string of the molecule is Cc1cnc(-n2ccc(C(C)(C)O)n2)cc1-n1c(C)cc(OCc2ncc(F)cc2F)c(Cl)c1=O. The number of rotatable bonds is 6. The third-order valence-electron chi connectivity index (χ3n) is 5.30. The van der Waals surface area contributed by atoms with Gasteiger partial charge in [0, 0.05) is 36.3 Å². The van der Waals surface area contributed by atoms with Crippen LogP contribution in [-0.2, 0) is 12.2 Å². The van der Waals surface area contributed by atoms with Crippen LogP contribution in [0.15, 0.2) is 47.7 Å². The maximum atomic E-state index is 13.9. The molecule has 4 aromatic heterocycles. The van der Waals surface area contributed by atoms with Crippen molar-refractivity contribution in [2.24, 2.45) is 0 Å². The van der Waals surface area contributed by atoms with Crippen LogP contribution in [0.25, 0.3) is 11.5 Å². The molecule has 1 N–H and O–H groups in total. The van der Waals surface area contributed by atoms with Crippen LogP contribution in [0.5, 0.6) is 5.75 Å². The zero-order valence-electron chi connectivity index (χ0n) is 19.4. The first-order chi connectivity index (χ1) is 16.5. The first kappa shape index (κ1) is 24.5. The van der Waals surface area contributed by atoms with Crippen LogP contribution in [0.4, 0.5) is 8.78 Å². The molecule has 182 valence electrons. The maximum Gasteiger partial charge on any atom is 0.277 e. The highest BCUT2D eigenvalue weighted by Crippen LogP contribution is 2.26. The molecule has 0 radical (unpaired) electrons. The Labute approximate surface area is 204 Å². The fraction of sp³-hybridized carbons (Fsp3) is 0.250. The van der Waals surface area contributed by atoms with Gasteiger partial charge in [0.25, 0.3) is 5.56 Å². The van der Waals surface area contributed by atoms with Crippen molar-refractivity contribution in [3.8, 4) is 17.3 Å². The highest BCUT2D eigenvalue weighted by Gasteiger charge is 2.21. The first-order valence-electron chi connectivity index (χ1n) is 10.6. The van der Waals surface area contributed by atoms with Crippen molar-refractivity contribution in [2.45, 2.75) is 39.9 Å². The number of aromatic nitrogens is 5. The highest BCUT2D eigenvalue weighted by molar-refractivity contribution is 6.31. The molecule has 0 amide bonds. The first-order valence-corrected chi connectivity index (χ1v) is 10.9. The molecule has 0 atom stereocenters. The van der Waals surface area contributed by atoms with E-state index in [-0.39, 0.29) is 23.1 Å². The normalized spacial score (nSPS) is 11.7. The minimum absolute atomic E-state index is 0.0461. The second kappa shape index (κ2) is 9.20. The summed E-state index contributed by atoms with van der Waals surface area (Å²) < 4.78 is 35.4. The van der Waals surface area contributed by atoms with E-state index in [1.54, 1.807) is 58.3 Å². The molecule has 0 aliphatic rings. The van der Waals surface area contributed by atoms with Gasteiger partial charge in [0.05, 0.1) is 17.6 Å². The van der Waals surface area contributed by atoms with Gasteiger partial charge in [-0.15, -0.1) is 0 Å². The highest BCUT2D eigenvalue weighted by atomic mass is 35.5.